The molecule has 0 aromatic heterocycles. The maximum atomic E-state index is 13.9. The van der Waals surface area contributed by atoms with Crippen molar-refractivity contribution in [2.45, 2.75) is 0 Å². The van der Waals surface area contributed by atoms with E-state index in [1.165, 1.54) is 6.07 Å². The molecule has 2 amide bonds. The van der Waals surface area contributed by atoms with Crippen LogP contribution in [-0.4, -0.2) is 63.0 Å². The molecule has 29 heavy (non-hydrogen) atoms. The van der Waals surface area contributed by atoms with Gasteiger partial charge in [-0.25, -0.2) is 4.39 Å². The lowest BCUT2D eigenvalue weighted by Crippen LogP contribution is -3.11. The topological polar surface area (TPSA) is 57.1 Å². The molecule has 1 unspecified atom stereocenters. The Bertz CT molecular complexity index is 871. The van der Waals surface area contributed by atoms with E-state index in [9.17, 15) is 14.0 Å². The summed E-state index contributed by atoms with van der Waals surface area (Å²) < 4.78 is 13.9. The molecule has 2 aromatic carbocycles. The Balaban J connectivity index is 1.45. The molecule has 1 heterocycles. The maximum absolute atomic E-state index is 13.9. The SMILES string of the molecule is C[NH+](CC(=O)Nc1ccccc1Cl)CC(=O)N1CCN(c2ccccc2F)CC1. The normalized spacial score (nSPS) is 15.1. The van der Waals surface area contributed by atoms with E-state index in [-0.39, 0.29) is 30.7 Å². The summed E-state index contributed by atoms with van der Waals surface area (Å²) in [4.78, 5) is 29.3. The molecular weight excluding hydrogens is 395 g/mol. The van der Waals surface area contributed by atoms with Crippen LogP contribution >= 0.6 is 11.6 Å². The predicted molar refractivity (Wildman–Crippen MR) is 112 cm³/mol. The van der Waals surface area contributed by atoms with E-state index < -0.39 is 0 Å². The van der Waals surface area contributed by atoms with Gasteiger partial charge in [-0.05, 0) is 24.3 Å². The largest absolute Gasteiger partial charge is 0.366 e. The van der Waals surface area contributed by atoms with Crippen molar-refractivity contribution in [3.8, 4) is 0 Å². The summed E-state index contributed by atoms with van der Waals surface area (Å²) in [6, 6.07) is 13.7. The average molecular weight is 420 g/mol. The van der Waals surface area contributed by atoms with E-state index in [2.05, 4.69) is 5.32 Å². The van der Waals surface area contributed by atoms with Gasteiger partial charge in [0.25, 0.3) is 11.8 Å². The van der Waals surface area contributed by atoms with Crippen LogP contribution in [0.15, 0.2) is 48.5 Å². The highest BCUT2D eigenvalue weighted by Gasteiger charge is 2.25. The second kappa shape index (κ2) is 9.71. The van der Waals surface area contributed by atoms with Crippen LogP contribution in [0, 0.1) is 5.82 Å². The summed E-state index contributed by atoms with van der Waals surface area (Å²) in [6.07, 6.45) is 0. The van der Waals surface area contributed by atoms with Crippen LogP contribution in [0.2, 0.25) is 5.02 Å². The van der Waals surface area contributed by atoms with Crippen LogP contribution in [0.5, 0.6) is 0 Å². The summed E-state index contributed by atoms with van der Waals surface area (Å²) in [5, 5.41) is 3.24. The smallest absolute Gasteiger partial charge is 0.279 e. The van der Waals surface area contributed by atoms with Gasteiger partial charge in [-0.2, -0.15) is 0 Å². The number of benzene rings is 2. The Kier molecular flexibility index (Phi) is 7.06. The van der Waals surface area contributed by atoms with Gasteiger partial charge in [0.2, 0.25) is 0 Å². The highest BCUT2D eigenvalue weighted by Crippen LogP contribution is 2.20. The monoisotopic (exact) mass is 419 g/mol. The van der Waals surface area contributed by atoms with Crippen molar-refractivity contribution in [1.82, 2.24) is 4.90 Å². The van der Waals surface area contributed by atoms with E-state index in [0.717, 1.165) is 4.90 Å². The quantitative estimate of drug-likeness (QED) is 0.741. The zero-order valence-electron chi connectivity index (χ0n) is 16.3. The van der Waals surface area contributed by atoms with Gasteiger partial charge in [0.05, 0.1) is 23.4 Å². The fourth-order valence-corrected chi connectivity index (χ4v) is 3.55. The lowest BCUT2D eigenvalue weighted by atomic mass is 10.2. The van der Waals surface area contributed by atoms with Gasteiger partial charge < -0.3 is 20.0 Å². The Labute approximate surface area is 174 Å². The van der Waals surface area contributed by atoms with Gasteiger partial charge in [-0.15, -0.1) is 0 Å². The molecule has 0 bridgehead atoms. The van der Waals surface area contributed by atoms with Crippen LogP contribution in [-0.2, 0) is 9.59 Å². The number of carbonyl (C=O) groups is 2. The third kappa shape index (κ3) is 5.68. The van der Waals surface area contributed by atoms with Crippen LogP contribution in [0.4, 0.5) is 15.8 Å². The Hall–Kier alpha value is -2.64. The van der Waals surface area contributed by atoms with Crippen molar-refractivity contribution >= 4 is 34.8 Å². The van der Waals surface area contributed by atoms with Gasteiger partial charge >= 0.3 is 0 Å². The summed E-state index contributed by atoms with van der Waals surface area (Å²) in [5.41, 5.74) is 1.13. The predicted octanol–water partition coefficient (Wildman–Crippen LogP) is 1.28. The van der Waals surface area contributed by atoms with E-state index in [4.69, 9.17) is 11.6 Å². The first-order valence-electron chi connectivity index (χ1n) is 9.57. The number of halogens is 2. The van der Waals surface area contributed by atoms with Crippen LogP contribution in [0.1, 0.15) is 0 Å². The Morgan fingerprint density at radius 2 is 1.69 bits per heavy atom. The Morgan fingerprint density at radius 3 is 2.38 bits per heavy atom. The number of piperazine rings is 1. The zero-order chi connectivity index (χ0) is 20.8. The van der Waals surface area contributed by atoms with Gasteiger partial charge in [0.15, 0.2) is 13.1 Å². The molecule has 0 aliphatic carbocycles. The number of nitrogens with one attached hydrogen (secondary N) is 2. The summed E-state index contributed by atoms with van der Waals surface area (Å²) in [7, 11) is 1.81. The third-order valence-corrected chi connectivity index (χ3v) is 5.22. The molecule has 1 aliphatic heterocycles. The minimum Gasteiger partial charge on any atom is -0.366 e. The number of nitrogens with zero attached hydrogens (tertiary/aromatic N) is 2. The number of carbonyl (C=O) groups excluding carboxylic acids is 2. The number of rotatable bonds is 6. The molecule has 0 spiro atoms. The second-order valence-electron chi connectivity index (χ2n) is 7.16. The molecule has 3 rings (SSSR count). The summed E-state index contributed by atoms with van der Waals surface area (Å²) >= 11 is 6.05. The molecule has 0 radical (unpaired) electrons. The second-order valence-corrected chi connectivity index (χ2v) is 7.57. The number of anilines is 2. The van der Waals surface area contributed by atoms with E-state index in [0.29, 0.717) is 42.6 Å². The number of likely N-dealkylation sites (N-methyl/N-ethyl adjacent to an activating group) is 1. The van der Waals surface area contributed by atoms with E-state index in [1.54, 1.807) is 48.3 Å². The lowest BCUT2D eigenvalue weighted by Gasteiger charge is -2.36. The minimum absolute atomic E-state index is 0.0128. The van der Waals surface area contributed by atoms with Gasteiger partial charge in [-0.3, -0.25) is 9.59 Å². The van der Waals surface area contributed by atoms with Gasteiger partial charge in [0, 0.05) is 26.2 Å². The van der Waals surface area contributed by atoms with Crippen molar-refractivity contribution < 1.29 is 18.9 Å². The first kappa shape index (κ1) is 21.1. The highest BCUT2D eigenvalue weighted by molar-refractivity contribution is 6.33. The first-order valence-corrected chi connectivity index (χ1v) is 9.95. The standard InChI is InChI=1S/C21H24ClFN4O2/c1-25(14-20(28)24-18-8-4-2-6-16(18)22)15-21(29)27-12-10-26(11-13-27)19-9-5-3-7-17(19)23/h2-9H,10-15H2,1H3,(H,24,28)/p+1. The van der Waals surface area contributed by atoms with Crippen LogP contribution in [0.25, 0.3) is 0 Å². The number of quaternary nitrogens is 1. The molecule has 2 N–H and O–H groups in total. The van der Waals surface area contributed by atoms with Crippen molar-refractivity contribution in [3.05, 3.63) is 59.4 Å². The molecular formula is C21H25ClFN4O2+. The average Bonchev–Trinajstić information content (AvgIpc) is 2.70. The molecule has 1 aliphatic rings. The van der Waals surface area contributed by atoms with Crippen LogP contribution < -0.4 is 15.1 Å². The van der Waals surface area contributed by atoms with E-state index in [1.807, 2.05) is 11.0 Å². The first-order chi connectivity index (χ1) is 13.9. The molecule has 6 nitrogen and oxygen atoms in total. The summed E-state index contributed by atoms with van der Waals surface area (Å²) in [6.45, 7) is 2.61. The maximum Gasteiger partial charge on any atom is 0.279 e. The molecule has 1 atom stereocenters. The molecule has 8 heteroatoms. The van der Waals surface area contributed by atoms with Crippen LogP contribution in [0.3, 0.4) is 0 Å². The number of amides is 2. The molecule has 154 valence electrons. The number of para-hydroxylation sites is 2. The fraction of sp³-hybridized carbons (Fsp3) is 0.333. The van der Waals surface area contributed by atoms with Crippen molar-refractivity contribution in [1.29, 1.82) is 0 Å². The van der Waals surface area contributed by atoms with Crippen molar-refractivity contribution in [2.24, 2.45) is 0 Å². The lowest BCUT2D eigenvalue weighted by molar-refractivity contribution is -0.862. The zero-order valence-corrected chi connectivity index (χ0v) is 17.1. The number of hydrogen-bond donors (Lipinski definition) is 2. The molecule has 1 fully saturated rings. The molecule has 2 aromatic rings. The highest BCUT2D eigenvalue weighted by atomic mass is 35.5. The number of hydrogen-bond acceptors (Lipinski definition) is 3. The Morgan fingerprint density at radius 1 is 1.03 bits per heavy atom. The third-order valence-electron chi connectivity index (χ3n) is 4.89. The molecule has 0 saturated carbocycles. The summed E-state index contributed by atoms with van der Waals surface area (Å²) in [5.74, 6) is -0.463. The van der Waals surface area contributed by atoms with Crippen molar-refractivity contribution in [3.63, 3.8) is 0 Å². The van der Waals surface area contributed by atoms with Gasteiger partial charge in [-0.1, -0.05) is 35.9 Å². The van der Waals surface area contributed by atoms with Gasteiger partial charge in [0.1, 0.15) is 5.82 Å². The minimum atomic E-state index is -0.249. The molecule has 1 saturated heterocycles. The van der Waals surface area contributed by atoms with Crippen molar-refractivity contribution in [2.75, 3.05) is 56.5 Å². The van der Waals surface area contributed by atoms with E-state index >= 15 is 0 Å². The fourth-order valence-electron chi connectivity index (χ4n) is 3.37.